The zero-order chi connectivity index (χ0) is 43.8. The van der Waals surface area contributed by atoms with Gasteiger partial charge in [-0.3, -0.25) is 0 Å². The molecule has 2 heteroatoms. The highest BCUT2D eigenvalue weighted by atomic mass is 15.1. The standard InChI is InChI=1S/C64H44N2/c1-3-15-45(16-4-1)47-29-36-54(37-30-47)65(55-38-31-49(32-39-55)58-26-14-20-48-19-7-8-23-57(48)58)56-40-33-50(34-41-56)59-24-9-11-27-62(59)66-63-28-12-10-25-60(63)61-42-35-53(44-64(61)66)52-22-13-21-51(43-52)46-17-5-2-6-18-46/h1-44H. The fraction of sp³-hybridized carbons (Fsp3) is 0. The maximum Gasteiger partial charge on any atom is 0.0547 e. The third kappa shape index (κ3) is 7.12. The van der Waals surface area contributed by atoms with Crippen molar-refractivity contribution in [1.82, 2.24) is 4.57 Å². The van der Waals surface area contributed by atoms with Crippen molar-refractivity contribution >= 4 is 49.6 Å². The molecule has 0 unspecified atom stereocenters. The predicted octanol–water partition coefficient (Wildman–Crippen LogP) is 17.7. The van der Waals surface area contributed by atoms with Crippen LogP contribution in [0.4, 0.5) is 17.1 Å². The van der Waals surface area contributed by atoms with E-state index < -0.39 is 0 Å². The lowest BCUT2D eigenvalue weighted by molar-refractivity contribution is 1.18. The average molecular weight is 841 g/mol. The van der Waals surface area contributed by atoms with Gasteiger partial charge >= 0.3 is 0 Å². The van der Waals surface area contributed by atoms with E-state index >= 15 is 0 Å². The molecule has 310 valence electrons. The molecule has 12 aromatic rings. The van der Waals surface area contributed by atoms with Gasteiger partial charge in [0, 0.05) is 33.4 Å². The number of hydrogen-bond acceptors (Lipinski definition) is 1. The molecule has 0 aliphatic rings. The summed E-state index contributed by atoms with van der Waals surface area (Å²) in [5.41, 5.74) is 18.7. The van der Waals surface area contributed by atoms with E-state index in [1.54, 1.807) is 0 Å². The number of aromatic nitrogens is 1. The second-order valence-electron chi connectivity index (χ2n) is 16.9. The van der Waals surface area contributed by atoms with Gasteiger partial charge < -0.3 is 9.47 Å². The minimum absolute atomic E-state index is 1.08. The van der Waals surface area contributed by atoms with Crippen LogP contribution in [-0.2, 0) is 0 Å². The van der Waals surface area contributed by atoms with Crippen molar-refractivity contribution in [3.05, 3.63) is 267 Å². The van der Waals surface area contributed by atoms with Crippen LogP contribution in [0.15, 0.2) is 267 Å². The van der Waals surface area contributed by atoms with Crippen LogP contribution in [0.25, 0.3) is 93.9 Å². The molecule has 0 aliphatic heterocycles. The molecule has 0 saturated carbocycles. The minimum Gasteiger partial charge on any atom is -0.311 e. The summed E-state index contributed by atoms with van der Waals surface area (Å²) in [5, 5.41) is 4.97. The van der Waals surface area contributed by atoms with Crippen LogP contribution in [0.2, 0.25) is 0 Å². The lowest BCUT2D eigenvalue weighted by Gasteiger charge is -2.26. The SMILES string of the molecule is c1ccc(-c2ccc(N(c3ccc(-c4ccccc4-n4c5ccccc5c5ccc(-c6cccc(-c7ccccc7)c6)cc54)cc3)c3ccc(-c4cccc5ccccc45)cc3)cc2)cc1. The number of fused-ring (bicyclic) bond motifs is 4. The Balaban J connectivity index is 0.945. The molecule has 11 aromatic carbocycles. The summed E-state index contributed by atoms with van der Waals surface area (Å²) in [6.07, 6.45) is 0. The number of hydrogen-bond donors (Lipinski definition) is 0. The minimum atomic E-state index is 1.08. The highest BCUT2D eigenvalue weighted by molar-refractivity contribution is 6.11. The van der Waals surface area contributed by atoms with Crippen LogP contribution in [0.1, 0.15) is 0 Å². The van der Waals surface area contributed by atoms with Crippen molar-refractivity contribution in [2.45, 2.75) is 0 Å². The molecule has 1 heterocycles. The summed E-state index contributed by atoms with van der Waals surface area (Å²) in [4.78, 5) is 2.36. The van der Waals surface area contributed by atoms with Crippen molar-refractivity contribution < 1.29 is 0 Å². The van der Waals surface area contributed by atoms with Crippen LogP contribution in [0, 0.1) is 0 Å². The monoisotopic (exact) mass is 840 g/mol. The molecule has 0 radical (unpaired) electrons. The maximum absolute atomic E-state index is 2.45. The topological polar surface area (TPSA) is 8.17 Å². The average Bonchev–Trinajstić information content (AvgIpc) is 3.73. The molecular weight excluding hydrogens is 797 g/mol. The summed E-state index contributed by atoms with van der Waals surface area (Å²) in [7, 11) is 0. The molecule has 12 rings (SSSR count). The van der Waals surface area contributed by atoms with Gasteiger partial charge in [0.1, 0.15) is 0 Å². The summed E-state index contributed by atoms with van der Waals surface area (Å²) < 4.78 is 2.45. The largest absolute Gasteiger partial charge is 0.311 e. The second kappa shape index (κ2) is 16.8. The molecule has 2 nitrogen and oxygen atoms in total. The molecule has 0 N–H and O–H groups in total. The van der Waals surface area contributed by atoms with E-state index in [1.807, 2.05) is 0 Å². The Labute approximate surface area is 385 Å². The second-order valence-corrected chi connectivity index (χ2v) is 16.9. The molecular formula is C64H44N2. The van der Waals surface area contributed by atoms with Crippen LogP contribution in [-0.4, -0.2) is 4.57 Å². The van der Waals surface area contributed by atoms with Crippen LogP contribution in [0.5, 0.6) is 0 Å². The molecule has 0 spiro atoms. The smallest absolute Gasteiger partial charge is 0.0547 e. The van der Waals surface area contributed by atoms with E-state index in [0.717, 1.165) is 28.3 Å². The zero-order valence-corrected chi connectivity index (χ0v) is 36.3. The van der Waals surface area contributed by atoms with E-state index in [2.05, 4.69) is 276 Å². The van der Waals surface area contributed by atoms with E-state index in [4.69, 9.17) is 0 Å². The van der Waals surface area contributed by atoms with Gasteiger partial charge in [0.2, 0.25) is 0 Å². The van der Waals surface area contributed by atoms with Crippen LogP contribution >= 0.6 is 0 Å². The Kier molecular flexibility index (Phi) is 9.89. The molecule has 0 fully saturated rings. The molecule has 66 heavy (non-hydrogen) atoms. The fourth-order valence-corrected chi connectivity index (χ4v) is 9.77. The van der Waals surface area contributed by atoms with E-state index in [-0.39, 0.29) is 0 Å². The van der Waals surface area contributed by atoms with E-state index in [9.17, 15) is 0 Å². The lowest BCUT2D eigenvalue weighted by atomic mass is 9.98. The van der Waals surface area contributed by atoms with Crippen molar-refractivity contribution in [1.29, 1.82) is 0 Å². The van der Waals surface area contributed by atoms with Crippen LogP contribution < -0.4 is 4.90 Å². The molecule has 0 bridgehead atoms. The molecule has 0 saturated heterocycles. The van der Waals surface area contributed by atoms with Crippen molar-refractivity contribution in [2.24, 2.45) is 0 Å². The quantitative estimate of drug-likeness (QED) is 0.141. The van der Waals surface area contributed by atoms with Gasteiger partial charge in [-0.2, -0.15) is 0 Å². The Morgan fingerprint density at radius 2 is 0.667 bits per heavy atom. The van der Waals surface area contributed by atoms with Crippen LogP contribution in [0.3, 0.4) is 0 Å². The van der Waals surface area contributed by atoms with Crippen molar-refractivity contribution in [2.75, 3.05) is 4.90 Å². The summed E-state index contributed by atoms with van der Waals surface area (Å²) in [5.74, 6) is 0. The number of nitrogens with zero attached hydrogens (tertiary/aromatic N) is 2. The first-order valence-corrected chi connectivity index (χ1v) is 22.7. The maximum atomic E-state index is 2.45. The molecule has 0 atom stereocenters. The van der Waals surface area contributed by atoms with Gasteiger partial charge in [-0.1, -0.05) is 206 Å². The highest BCUT2D eigenvalue weighted by Crippen LogP contribution is 2.41. The zero-order valence-electron chi connectivity index (χ0n) is 36.3. The molecule has 0 amide bonds. The Bertz CT molecular complexity index is 3660. The number of rotatable bonds is 9. The first-order valence-electron chi connectivity index (χ1n) is 22.7. The summed E-state index contributed by atoms with van der Waals surface area (Å²) >= 11 is 0. The van der Waals surface area contributed by atoms with Gasteiger partial charge in [0.05, 0.1) is 16.7 Å². The van der Waals surface area contributed by atoms with Gasteiger partial charge in [0.25, 0.3) is 0 Å². The summed E-state index contributed by atoms with van der Waals surface area (Å²) in [6.45, 7) is 0. The van der Waals surface area contributed by atoms with Gasteiger partial charge in [-0.15, -0.1) is 0 Å². The normalized spacial score (nSPS) is 11.3. The first kappa shape index (κ1) is 38.9. The van der Waals surface area contributed by atoms with Crippen molar-refractivity contribution in [3.8, 4) is 61.3 Å². The number of para-hydroxylation sites is 2. The highest BCUT2D eigenvalue weighted by Gasteiger charge is 2.18. The molecule has 1 aromatic heterocycles. The van der Waals surface area contributed by atoms with Crippen molar-refractivity contribution in [3.63, 3.8) is 0 Å². The van der Waals surface area contributed by atoms with E-state index in [0.29, 0.717) is 0 Å². The van der Waals surface area contributed by atoms with E-state index in [1.165, 1.54) is 82.6 Å². The number of benzene rings is 11. The fourth-order valence-electron chi connectivity index (χ4n) is 9.77. The third-order valence-corrected chi connectivity index (χ3v) is 13.0. The third-order valence-electron chi connectivity index (χ3n) is 13.0. The first-order chi connectivity index (χ1) is 32.7. The van der Waals surface area contributed by atoms with Gasteiger partial charge in [0.15, 0.2) is 0 Å². The Morgan fingerprint density at radius 3 is 1.36 bits per heavy atom. The van der Waals surface area contributed by atoms with Gasteiger partial charge in [-0.25, -0.2) is 0 Å². The van der Waals surface area contributed by atoms with Gasteiger partial charge in [-0.05, 0) is 122 Å². The Morgan fingerprint density at radius 1 is 0.242 bits per heavy atom. The number of anilines is 3. The molecule has 0 aliphatic carbocycles. The summed E-state index contributed by atoms with van der Waals surface area (Å²) in [6, 6.07) is 96.8. The predicted molar refractivity (Wildman–Crippen MR) is 280 cm³/mol. The lowest BCUT2D eigenvalue weighted by Crippen LogP contribution is -2.09. The Hall–Kier alpha value is -8.72.